The second-order valence-electron chi connectivity index (χ2n) is 6.64. The monoisotopic (exact) mass is 410 g/mol. The fourth-order valence-electron chi connectivity index (χ4n) is 2.88. The van der Waals surface area contributed by atoms with Crippen molar-refractivity contribution in [3.63, 3.8) is 0 Å². The number of hydrogen-bond acceptors (Lipinski definition) is 4. The minimum absolute atomic E-state index is 0.0697. The molecule has 1 aromatic heterocycles. The minimum Gasteiger partial charge on any atom is -0.363 e. The number of halogens is 1. The average Bonchev–Trinajstić information content (AvgIpc) is 3.48. The highest BCUT2D eigenvalue weighted by molar-refractivity contribution is 9.10. The second kappa shape index (κ2) is 7.03. The predicted molar refractivity (Wildman–Crippen MR) is 107 cm³/mol. The van der Waals surface area contributed by atoms with E-state index < -0.39 is 0 Å². The van der Waals surface area contributed by atoms with Crippen molar-refractivity contribution < 1.29 is 4.79 Å². The standard InChI is InChI=1S/C20H19BrN4O/c1-12(13-4-7-16(8-5-13)25-20(26)14-2-3-14)24-19-17-10-15(21)6-9-18(17)22-11-23-19/h4-12,14H,2-3H2,1H3,(H,25,26)(H,22,23,24). The molecule has 6 heteroatoms. The maximum atomic E-state index is 11.8. The molecule has 1 unspecified atom stereocenters. The van der Waals surface area contributed by atoms with E-state index in [2.05, 4.69) is 43.5 Å². The number of hydrogen-bond donors (Lipinski definition) is 2. The van der Waals surface area contributed by atoms with E-state index in [1.807, 2.05) is 42.5 Å². The lowest BCUT2D eigenvalue weighted by atomic mass is 10.1. The largest absolute Gasteiger partial charge is 0.363 e. The van der Waals surface area contributed by atoms with E-state index in [1.165, 1.54) is 0 Å². The third-order valence-corrected chi connectivity index (χ3v) is 5.07. The van der Waals surface area contributed by atoms with Crippen molar-refractivity contribution in [1.82, 2.24) is 9.97 Å². The molecule has 1 amide bonds. The number of nitrogens with one attached hydrogen (secondary N) is 2. The number of carbonyl (C=O) groups is 1. The molecule has 0 spiro atoms. The van der Waals surface area contributed by atoms with Crippen molar-refractivity contribution in [2.45, 2.75) is 25.8 Å². The Morgan fingerprint density at radius 3 is 2.65 bits per heavy atom. The number of rotatable bonds is 5. The molecule has 2 N–H and O–H groups in total. The van der Waals surface area contributed by atoms with Gasteiger partial charge in [-0.3, -0.25) is 4.79 Å². The smallest absolute Gasteiger partial charge is 0.227 e. The van der Waals surface area contributed by atoms with E-state index in [-0.39, 0.29) is 17.9 Å². The molecule has 2 aromatic carbocycles. The molecule has 3 aromatic rings. The number of carbonyl (C=O) groups excluding carboxylic acids is 1. The fraction of sp³-hybridized carbons (Fsp3) is 0.250. The number of anilines is 2. The first-order valence-corrected chi connectivity index (χ1v) is 9.47. The molecule has 0 saturated heterocycles. The summed E-state index contributed by atoms with van der Waals surface area (Å²) in [6, 6.07) is 14.0. The van der Waals surface area contributed by atoms with Gasteiger partial charge in [0.15, 0.2) is 0 Å². The number of nitrogens with zero attached hydrogens (tertiary/aromatic N) is 2. The van der Waals surface area contributed by atoms with Crippen LogP contribution in [0.3, 0.4) is 0 Å². The van der Waals surface area contributed by atoms with E-state index in [0.717, 1.165) is 45.3 Å². The van der Waals surface area contributed by atoms with E-state index in [9.17, 15) is 4.79 Å². The number of fused-ring (bicyclic) bond motifs is 1. The van der Waals surface area contributed by atoms with Crippen LogP contribution in [0.1, 0.15) is 31.4 Å². The predicted octanol–water partition coefficient (Wildman–Crippen LogP) is 4.91. The zero-order valence-corrected chi connectivity index (χ0v) is 16.0. The summed E-state index contributed by atoms with van der Waals surface area (Å²) < 4.78 is 0.992. The molecule has 26 heavy (non-hydrogen) atoms. The molecule has 1 fully saturated rings. The van der Waals surface area contributed by atoms with E-state index in [1.54, 1.807) is 6.33 Å². The summed E-state index contributed by atoms with van der Waals surface area (Å²) in [6.45, 7) is 2.09. The van der Waals surface area contributed by atoms with Gasteiger partial charge in [0.2, 0.25) is 5.91 Å². The van der Waals surface area contributed by atoms with Crippen molar-refractivity contribution in [2.24, 2.45) is 5.92 Å². The first kappa shape index (κ1) is 17.0. The number of benzene rings is 2. The number of amides is 1. The molecule has 5 nitrogen and oxygen atoms in total. The van der Waals surface area contributed by atoms with Crippen molar-refractivity contribution >= 4 is 44.2 Å². The van der Waals surface area contributed by atoms with Gasteiger partial charge in [0.25, 0.3) is 0 Å². The highest BCUT2D eigenvalue weighted by Gasteiger charge is 2.29. The van der Waals surface area contributed by atoms with E-state index in [0.29, 0.717) is 0 Å². The Balaban J connectivity index is 1.50. The Bertz CT molecular complexity index is 954. The average molecular weight is 411 g/mol. The molecule has 1 aliphatic rings. The Kier molecular flexibility index (Phi) is 4.59. The maximum absolute atomic E-state index is 11.8. The zero-order valence-electron chi connectivity index (χ0n) is 14.4. The Hall–Kier alpha value is -2.47. The van der Waals surface area contributed by atoms with Crippen molar-refractivity contribution in [2.75, 3.05) is 10.6 Å². The van der Waals surface area contributed by atoms with Crippen LogP contribution < -0.4 is 10.6 Å². The first-order valence-electron chi connectivity index (χ1n) is 8.68. The molecule has 1 aliphatic carbocycles. The molecule has 0 bridgehead atoms. The van der Waals surface area contributed by atoms with Crippen molar-refractivity contribution in [3.8, 4) is 0 Å². The lowest BCUT2D eigenvalue weighted by Crippen LogP contribution is -2.13. The van der Waals surface area contributed by atoms with Crippen molar-refractivity contribution in [3.05, 3.63) is 58.8 Å². The van der Waals surface area contributed by atoms with Gasteiger partial charge < -0.3 is 10.6 Å². The summed E-state index contributed by atoms with van der Waals surface area (Å²) in [5, 5.41) is 7.40. The third kappa shape index (κ3) is 3.70. The molecule has 4 rings (SSSR count). The molecule has 1 atom stereocenters. The Morgan fingerprint density at radius 1 is 1.15 bits per heavy atom. The maximum Gasteiger partial charge on any atom is 0.227 e. The molecule has 1 heterocycles. The molecule has 0 aliphatic heterocycles. The summed E-state index contributed by atoms with van der Waals surface area (Å²) in [6.07, 6.45) is 3.59. The van der Waals surface area contributed by atoms with Gasteiger partial charge in [0.05, 0.1) is 5.52 Å². The van der Waals surface area contributed by atoms with Crippen LogP contribution in [-0.2, 0) is 4.79 Å². The highest BCUT2D eigenvalue weighted by atomic mass is 79.9. The summed E-state index contributed by atoms with van der Waals surface area (Å²) in [7, 11) is 0. The fourth-order valence-corrected chi connectivity index (χ4v) is 3.24. The summed E-state index contributed by atoms with van der Waals surface area (Å²) in [5.41, 5.74) is 2.86. The molecular weight excluding hydrogens is 392 g/mol. The minimum atomic E-state index is 0.0697. The Morgan fingerprint density at radius 2 is 1.92 bits per heavy atom. The molecular formula is C20H19BrN4O. The van der Waals surface area contributed by atoms with Gasteiger partial charge in [-0.1, -0.05) is 28.1 Å². The van der Waals surface area contributed by atoms with Crippen LogP contribution in [0.2, 0.25) is 0 Å². The third-order valence-electron chi connectivity index (χ3n) is 4.58. The molecule has 132 valence electrons. The topological polar surface area (TPSA) is 66.9 Å². The van der Waals surface area contributed by atoms with Crippen LogP contribution in [0.25, 0.3) is 10.9 Å². The quantitative estimate of drug-likeness (QED) is 0.626. The normalized spacial score (nSPS) is 14.8. The van der Waals surface area contributed by atoms with Crippen LogP contribution in [0.5, 0.6) is 0 Å². The summed E-state index contributed by atoms with van der Waals surface area (Å²) in [5.74, 6) is 1.14. The van der Waals surface area contributed by atoms with E-state index in [4.69, 9.17) is 0 Å². The van der Waals surface area contributed by atoms with Gasteiger partial charge in [-0.25, -0.2) is 9.97 Å². The van der Waals surface area contributed by atoms with Gasteiger partial charge >= 0.3 is 0 Å². The van der Waals surface area contributed by atoms with Crippen LogP contribution >= 0.6 is 15.9 Å². The van der Waals surface area contributed by atoms with Gasteiger partial charge in [0.1, 0.15) is 12.1 Å². The number of aromatic nitrogens is 2. The SMILES string of the molecule is CC(Nc1ncnc2ccc(Br)cc12)c1ccc(NC(=O)C2CC2)cc1. The van der Waals surface area contributed by atoms with Gasteiger partial charge in [0, 0.05) is 27.5 Å². The van der Waals surface area contributed by atoms with E-state index >= 15 is 0 Å². The van der Waals surface area contributed by atoms with Crippen LogP contribution in [0, 0.1) is 5.92 Å². The van der Waals surface area contributed by atoms with Crippen LogP contribution in [0.4, 0.5) is 11.5 Å². The second-order valence-corrected chi connectivity index (χ2v) is 7.55. The zero-order chi connectivity index (χ0) is 18.1. The molecule has 0 radical (unpaired) electrons. The lowest BCUT2D eigenvalue weighted by molar-refractivity contribution is -0.117. The van der Waals surface area contributed by atoms with Crippen LogP contribution in [-0.4, -0.2) is 15.9 Å². The van der Waals surface area contributed by atoms with Crippen LogP contribution in [0.15, 0.2) is 53.3 Å². The Labute approximate surface area is 160 Å². The summed E-state index contributed by atoms with van der Waals surface area (Å²) >= 11 is 3.50. The van der Waals surface area contributed by atoms with Gasteiger partial charge in [-0.15, -0.1) is 0 Å². The summed E-state index contributed by atoms with van der Waals surface area (Å²) in [4.78, 5) is 20.6. The van der Waals surface area contributed by atoms with Gasteiger partial charge in [-0.2, -0.15) is 0 Å². The lowest BCUT2D eigenvalue weighted by Gasteiger charge is -2.17. The first-order chi connectivity index (χ1) is 12.6. The van der Waals surface area contributed by atoms with Gasteiger partial charge in [-0.05, 0) is 55.7 Å². The van der Waals surface area contributed by atoms with Crippen molar-refractivity contribution in [1.29, 1.82) is 0 Å². The highest BCUT2D eigenvalue weighted by Crippen LogP contribution is 2.30. The molecule has 1 saturated carbocycles.